The van der Waals surface area contributed by atoms with Crippen molar-refractivity contribution < 1.29 is 5.11 Å². The van der Waals surface area contributed by atoms with E-state index in [1.54, 1.807) is 0 Å². The Kier molecular flexibility index (Phi) is 2.69. The smallest absolute Gasteiger partial charge is 0.0586 e. The largest absolute Gasteiger partial charge is 0.395 e. The van der Waals surface area contributed by atoms with Crippen LogP contribution in [0.3, 0.4) is 0 Å². The van der Waals surface area contributed by atoms with Crippen LogP contribution in [-0.4, -0.2) is 35.7 Å². The van der Waals surface area contributed by atoms with Gasteiger partial charge in [0.05, 0.1) is 6.61 Å². The van der Waals surface area contributed by atoms with Gasteiger partial charge in [-0.25, -0.2) is 0 Å². The van der Waals surface area contributed by atoms with Gasteiger partial charge in [0.25, 0.3) is 0 Å². The first kappa shape index (κ1) is 8.02. The van der Waals surface area contributed by atoms with Crippen molar-refractivity contribution in [1.29, 1.82) is 0 Å². The maximum Gasteiger partial charge on any atom is 0.0586 e. The van der Waals surface area contributed by atoms with Gasteiger partial charge in [-0.15, -0.1) is 0 Å². The Balaban J connectivity index is 2.42. The summed E-state index contributed by atoms with van der Waals surface area (Å²) in [5.74, 6) is 0. The summed E-state index contributed by atoms with van der Waals surface area (Å²) >= 11 is 0. The molecule has 10 heavy (non-hydrogen) atoms. The van der Waals surface area contributed by atoms with Gasteiger partial charge < -0.3 is 5.11 Å². The summed E-state index contributed by atoms with van der Waals surface area (Å²) in [6, 6.07) is 1.08. The van der Waals surface area contributed by atoms with Crippen molar-refractivity contribution >= 4 is 0 Å². The summed E-state index contributed by atoms with van der Waals surface area (Å²) in [4.78, 5) is 2.28. The van der Waals surface area contributed by atoms with Crippen molar-refractivity contribution in [3.63, 3.8) is 0 Å². The molecule has 1 aliphatic heterocycles. The van der Waals surface area contributed by atoms with Gasteiger partial charge >= 0.3 is 0 Å². The summed E-state index contributed by atoms with van der Waals surface area (Å²) in [6.45, 7) is 2.54. The monoisotopic (exact) mass is 143 g/mol. The zero-order chi connectivity index (χ0) is 7.56. The molecule has 1 saturated heterocycles. The number of nitrogens with zero attached hydrogens (tertiary/aromatic N) is 1. The Morgan fingerprint density at radius 3 is 2.70 bits per heavy atom. The van der Waals surface area contributed by atoms with Crippen molar-refractivity contribution in [3.8, 4) is 0 Å². The van der Waals surface area contributed by atoms with Crippen LogP contribution < -0.4 is 0 Å². The minimum Gasteiger partial charge on any atom is -0.395 e. The summed E-state index contributed by atoms with van der Waals surface area (Å²) in [5, 5.41) is 8.94. The molecule has 0 bridgehead atoms. The maximum atomic E-state index is 8.94. The fourth-order valence-electron chi connectivity index (χ4n) is 1.64. The highest BCUT2D eigenvalue weighted by Gasteiger charge is 2.22. The van der Waals surface area contributed by atoms with Crippen LogP contribution in [0.2, 0.25) is 0 Å². The molecule has 1 N–H and O–H groups in total. The second kappa shape index (κ2) is 3.35. The van der Waals surface area contributed by atoms with E-state index in [1.165, 1.54) is 12.8 Å². The van der Waals surface area contributed by atoms with E-state index >= 15 is 0 Å². The Labute approximate surface area is 62.8 Å². The van der Waals surface area contributed by atoms with Gasteiger partial charge in [-0.05, 0) is 26.8 Å². The first-order valence-electron chi connectivity index (χ1n) is 4.08. The van der Waals surface area contributed by atoms with E-state index < -0.39 is 0 Å². The van der Waals surface area contributed by atoms with Gasteiger partial charge in [-0.1, -0.05) is 6.42 Å². The summed E-state index contributed by atoms with van der Waals surface area (Å²) in [6.07, 6.45) is 3.72. The fraction of sp³-hybridized carbons (Fsp3) is 1.00. The molecule has 0 saturated carbocycles. The second-order valence-corrected chi connectivity index (χ2v) is 3.28. The third kappa shape index (κ3) is 1.50. The van der Waals surface area contributed by atoms with Crippen molar-refractivity contribution in [2.24, 2.45) is 0 Å². The predicted molar refractivity (Wildman–Crippen MR) is 41.9 cm³/mol. The van der Waals surface area contributed by atoms with Crippen molar-refractivity contribution in [2.75, 3.05) is 13.7 Å². The zero-order valence-corrected chi connectivity index (χ0v) is 6.88. The highest BCUT2D eigenvalue weighted by atomic mass is 16.3. The zero-order valence-electron chi connectivity index (χ0n) is 6.88. The molecule has 0 aromatic heterocycles. The number of hydrogen-bond donors (Lipinski definition) is 1. The van der Waals surface area contributed by atoms with Crippen LogP contribution in [0.4, 0.5) is 0 Å². The molecule has 1 aliphatic rings. The molecule has 1 rings (SSSR count). The predicted octanol–water partition coefficient (Wildman–Crippen LogP) is 0.851. The van der Waals surface area contributed by atoms with E-state index in [0.29, 0.717) is 18.7 Å². The molecule has 2 atom stereocenters. The quantitative estimate of drug-likeness (QED) is 0.588. The molecule has 2 unspecified atom stereocenters. The number of likely N-dealkylation sites (tertiary alicyclic amines) is 1. The number of hydrogen-bond acceptors (Lipinski definition) is 2. The summed E-state index contributed by atoms with van der Waals surface area (Å²) in [5.41, 5.74) is 0. The van der Waals surface area contributed by atoms with Crippen LogP contribution >= 0.6 is 0 Å². The van der Waals surface area contributed by atoms with Crippen LogP contribution in [0.5, 0.6) is 0 Å². The normalized spacial score (nSPS) is 36.3. The molecule has 2 nitrogen and oxygen atoms in total. The first-order chi connectivity index (χ1) is 4.75. The average molecular weight is 143 g/mol. The van der Waals surface area contributed by atoms with E-state index in [4.69, 9.17) is 5.11 Å². The van der Waals surface area contributed by atoms with Gasteiger partial charge in [-0.2, -0.15) is 0 Å². The summed E-state index contributed by atoms with van der Waals surface area (Å²) < 4.78 is 0. The van der Waals surface area contributed by atoms with Crippen LogP contribution in [0.15, 0.2) is 0 Å². The maximum absolute atomic E-state index is 8.94. The van der Waals surface area contributed by atoms with Gasteiger partial charge in [0, 0.05) is 12.1 Å². The minimum absolute atomic E-state index is 0.320. The number of rotatable bonds is 1. The number of likely N-dealkylation sites (N-methyl/N-ethyl adjacent to an activating group) is 1. The van der Waals surface area contributed by atoms with Gasteiger partial charge in [-0.3, -0.25) is 4.90 Å². The lowest BCUT2D eigenvalue weighted by Crippen LogP contribution is -2.44. The molecule has 0 aliphatic carbocycles. The van der Waals surface area contributed by atoms with E-state index in [-0.39, 0.29) is 0 Å². The highest BCUT2D eigenvalue weighted by Crippen LogP contribution is 2.19. The van der Waals surface area contributed by atoms with Gasteiger partial charge in [0.1, 0.15) is 0 Å². The molecule has 0 spiro atoms. The lowest BCUT2D eigenvalue weighted by molar-refractivity contribution is 0.0759. The topological polar surface area (TPSA) is 23.5 Å². The van der Waals surface area contributed by atoms with E-state index in [1.807, 2.05) is 0 Å². The van der Waals surface area contributed by atoms with Crippen LogP contribution in [0, 0.1) is 0 Å². The average Bonchev–Trinajstić information content (AvgIpc) is 1.95. The second-order valence-electron chi connectivity index (χ2n) is 3.28. The van der Waals surface area contributed by atoms with Crippen molar-refractivity contribution in [3.05, 3.63) is 0 Å². The number of aliphatic hydroxyl groups is 1. The Morgan fingerprint density at radius 2 is 2.20 bits per heavy atom. The van der Waals surface area contributed by atoms with Crippen LogP contribution in [0.1, 0.15) is 26.2 Å². The Hall–Kier alpha value is -0.0800. The third-order valence-corrected chi connectivity index (χ3v) is 2.64. The van der Waals surface area contributed by atoms with Crippen LogP contribution in [-0.2, 0) is 0 Å². The molecular formula is C8H17NO. The van der Waals surface area contributed by atoms with Crippen molar-refractivity contribution in [2.45, 2.75) is 38.3 Å². The fourth-order valence-corrected chi connectivity index (χ4v) is 1.64. The molecule has 2 heteroatoms. The van der Waals surface area contributed by atoms with Gasteiger partial charge in [0.15, 0.2) is 0 Å². The number of piperidine rings is 1. The molecular weight excluding hydrogens is 126 g/mol. The lowest BCUT2D eigenvalue weighted by Gasteiger charge is -2.36. The molecule has 0 radical (unpaired) electrons. The SMILES string of the molecule is CC1CCCC(CO)N1C. The number of aliphatic hydroxyl groups excluding tert-OH is 1. The highest BCUT2D eigenvalue weighted by molar-refractivity contribution is 4.78. The molecule has 0 amide bonds. The molecule has 1 heterocycles. The van der Waals surface area contributed by atoms with Gasteiger partial charge in [0.2, 0.25) is 0 Å². The molecule has 0 aromatic rings. The van der Waals surface area contributed by atoms with Crippen LogP contribution in [0.25, 0.3) is 0 Å². The van der Waals surface area contributed by atoms with E-state index in [9.17, 15) is 0 Å². The Morgan fingerprint density at radius 1 is 1.50 bits per heavy atom. The van der Waals surface area contributed by atoms with Crippen molar-refractivity contribution in [1.82, 2.24) is 4.90 Å². The lowest BCUT2D eigenvalue weighted by atomic mass is 9.98. The summed E-state index contributed by atoms with van der Waals surface area (Å²) in [7, 11) is 2.10. The van der Waals surface area contributed by atoms with E-state index in [0.717, 1.165) is 6.42 Å². The molecule has 1 fully saturated rings. The first-order valence-corrected chi connectivity index (χ1v) is 4.08. The molecule has 0 aromatic carbocycles. The Bertz CT molecular complexity index is 105. The third-order valence-electron chi connectivity index (χ3n) is 2.64. The van der Waals surface area contributed by atoms with E-state index in [2.05, 4.69) is 18.9 Å². The standard InChI is InChI=1S/C8H17NO/c1-7-4-3-5-8(6-10)9(7)2/h7-8,10H,3-6H2,1-2H3. The minimum atomic E-state index is 0.320. The molecule has 60 valence electrons.